The first-order chi connectivity index (χ1) is 14.2. The zero-order valence-electron chi connectivity index (χ0n) is 15.5. The fraction of sp³-hybridized carbons (Fsp3) is 0.0476. The van der Waals surface area contributed by atoms with Crippen LogP contribution < -0.4 is 9.46 Å². The molecule has 154 valence electrons. The van der Waals surface area contributed by atoms with Gasteiger partial charge in [-0.1, -0.05) is 30.3 Å². The molecule has 0 aliphatic rings. The average Bonchev–Trinajstić information content (AvgIpc) is 2.69. The first-order valence-electron chi connectivity index (χ1n) is 8.68. The molecule has 0 saturated heterocycles. The molecule has 3 N–H and O–H groups in total. The van der Waals surface area contributed by atoms with Crippen molar-refractivity contribution >= 4 is 27.6 Å². The van der Waals surface area contributed by atoms with Crippen LogP contribution in [-0.4, -0.2) is 30.6 Å². The van der Waals surface area contributed by atoms with Gasteiger partial charge in [-0.15, -0.1) is 0 Å². The van der Waals surface area contributed by atoms with Gasteiger partial charge in [0.15, 0.2) is 0 Å². The summed E-state index contributed by atoms with van der Waals surface area (Å²) in [5, 5.41) is 18.2. The second-order valence-electron chi connectivity index (χ2n) is 6.25. The van der Waals surface area contributed by atoms with Crippen LogP contribution in [0.15, 0.2) is 77.7 Å². The van der Waals surface area contributed by atoms with Gasteiger partial charge in [-0.2, -0.15) is 0 Å². The fourth-order valence-electron chi connectivity index (χ4n) is 2.65. The molecule has 0 spiro atoms. The third-order valence-corrected chi connectivity index (χ3v) is 5.42. The van der Waals surface area contributed by atoms with Crippen LogP contribution >= 0.6 is 0 Å². The number of carboxylic acids is 2. The molecule has 8 nitrogen and oxygen atoms in total. The summed E-state index contributed by atoms with van der Waals surface area (Å²) in [7, 11) is -4.00. The first kappa shape index (κ1) is 20.9. The Hall–Kier alpha value is -3.85. The van der Waals surface area contributed by atoms with E-state index in [1.54, 1.807) is 42.5 Å². The third kappa shape index (κ3) is 5.15. The van der Waals surface area contributed by atoms with E-state index in [0.717, 1.165) is 0 Å². The summed E-state index contributed by atoms with van der Waals surface area (Å²) >= 11 is 0. The number of hydrogen-bond acceptors (Lipinski definition) is 5. The molecule has 0 saturated carbocycles. The summed E-state index contributed by atoms with van der Waals surface area (Å²) in [4.78, 5) is 22.3. The molecule has 3 aromatic carbocycles. The Bertz CT molecular complexity index is 1170. The van der Waals surface area contributed by atoms with Gasteiger partial charge in [-0.05, 0) is 42.0 Å². The van der Waals surface area contributed by atoms with Crippen molar-refractivity contribution in [2.75, 3.05) is 4.72 Å². The van der Waals surface area contributed by atoms with Crippen LogP contribution in [0.25, 0.3) is 0 Å². The maximum absolute atomic E-state index is 12.6. The largest absolute Gasteiger partial charge is 0.481 e. The van der Waals surface area contributed by atoms with Crippen molar-refractivity contribution in [3.63, 3.8) is 0 Å². The van der Waals surface area contributed by atoms with Gasteiger partial charge in [0.1, 0.15) is 11.5 Å². The maximum atomic E-state index is 12.6. The van der Waals surface area contributed by atoms with Crippen molar-refractivity contribution in [3.05, 3.63) is 83.9 Å². The normalized spacial score (nSPS) is 10.9. The summed E-state index contributed by atoms with van der Waals surface area (Å²) in [5.74, 6) is -1.67. The smallest absolute Gasteiger partial charge is 0.337 e. The van der Waals surface area contributed by atoms with Crippen LogP contribution in [-0.2, 0) is 21.2 Å². The lowest BCUT2D eigenvalue weighted by Crippen LogP contribution is -2.15. The Labute approximate surface area is 172 Å². The molecule has 3 aromatic rings. The molecule has 0 bridgehead atoms. The monoisotopic (exact) mass is 427 g/mol. The minimum absolute atomic E-state index is 0.0123. The number of aromatic carboxylic acids is 1. The number of nitrogens with one attached hydrogen (secondary N) is 1. The standard InChI is InChI=1S/C21H17NO7S/c23-20(24)12-14-6-8-15(9-7-14)29-16-10-11-18(21(25)26)19(13-16)22-30(27,28)17-4-2-1-3-5-17/h1-11,13,22H,12H2,(H,23,24)(H,25,26). The van der Waals surface area contributed by atoms with Crippen LogP contribution in [0.4, 0.5) is 5.69 Å². The molecule has 9 heteroatoms. The van der Waals surface area contributed by atoms with Crippen LogP contribution in [0, 0.1) is 0 Å². The number of carboxylic acid groups (broad SMARTS) is 2. The number of rotatable bonds is 8. The Morgan fingerprint density at radius 3 is 2.10 bits per heavy atom. The summed E-state index contributed by atoms with van der Waals surface area (Å²) in [6, 6.07) is 17.8. The predicted octanol–water partition coefficient (Wildman–Crippen LogP) is 3.61. The van der Waals surface area contributed by atoms with Crippen molar-refractivity contribution in [2.45, 2.75) is 11.3 Å². The van der Waals surface area contributed by atoms with E-state index in [2.05, 4.69) is 4.72 Å². The lowest BCUT2D eigenvalue weighted by atomic mass is 10.1. The van der Waals surface area contributed by atoms with Gasteiger partial charge in [-0.3, -0.25) is 9.52 Å². The number of sulfonamides is 1. The number of hydrogen-bond donors (Lipinski definition) is 3. The number of anilines is 1. The molecule has 0 fully saturated rings. The number of ether oxygens (including phenoxy) is 1. The van der Waals surface area contributed by atoms with Gasteiger partial charge in [0.05, 0.1) is 22.6 Å². The van der Waals surface area contributed by atoms with Gasteiger partial charge >= 0.3 is 11.9 Å². The van der Waals surface area contributed by atoms with Crippen LogP contribution in [0.2, 0.25) is 0 Å². The van der Waals surface area contributed by atoms with E-state index < -0.39 is 22.0 Å². The van der Waals surface area contributed by atoms with Crippen LogP contribution in [0.5, 0.6) is 11.5 Å². The zero-order chi connectivity index (χ0) is 21.7. The van der Waals surface area contributed by atoms with Gasteiger partial charge < -0.3 is 14.9 Å². The summed E-state index contributed by atoms with van der Waals surface area (Å²) in [5.41, 5.74) is 0.206. The molecular weight excluding hydrogens is 410 g/mol. The fourth-order valence-corrected chi connectivity index (χ4v) is 3.74. The molecule has 0 radical (unpaired) electrons. The molecule has 0 unspecified atom stereocenters. The quantitative estimate of drug-likeness (QED) is 0.501. The van der Waals surface area contributed by atoms with Gasteiger partial charge in [0, 0.05) is 6.07 Å². The summed E-state index contributed by atoms with van der Waals surface area (Å²) in [6.45, 7) is 0. The van der Waals surface area contributed by atoms with E-state index in [4.69, 9.17) is 9.84 Å². The predicted molar refractivity (Wildman–Crippen MR) is 109 cm³/mol. The van der Waals surface area contributed by atoms with Crippen molar-refractivity contribution in [1.29, 1.82) is 0 Å². The highest BCUT2D eigenvalue weighted by Crippen LogP contribution is 2.29. The Balaban J connectivity index is 1.88. The van der Waals surface area contributed by atoms with Crippen molar-refractivity contribution in [2.24, 2.45) is 0 Å². The maximum Gasteiger partial charge on any atom is 0.337 e. The Kier molecular flexibility index (Phi) is 6.03. The minimum Gasteiger partial charge on any atom is -0.481 e. The summed E-state index contributed by atoms with van der Waals surface area (Å²) in [6.07, 6.45) is -0.126. The van der Waals surface area contributed by atoms with Crippen molar-refractivity contribution in [3.8, 4) is 11.5 Å². The molecule has 0 aliphatic carbocycles. The van der Waals surface area contributed by atoms with E-state index in [0.29, 0.717) is 11.3 Å². The Morgan fingerprint density at radius 2 is 1.50 bits per heavy atom. The molecule has 0 atom stereocenters. The van der Waals surface area contributed by atoms with E-state index >= 15 is 0 Å². The molecular formula is C21H17NO7S. The van der Waals surface area contributed by atoms with Crippen LogP contribution in [0.1, 0.15) is 15.9 Å². The van der Waals surface area contributed by atoms with Gasteiger partial charge in [0.25, 0.3) is 10.0 Å². The van der Waals surface area contributed by atoms with E-state index in [9.17, 15) is 23.1 Å². The minimum atomic E-state index is -4.00. The highest BCUT2D eigenvalue weighted by atomic mass is 32.2. The Morgan fingerprint density at radius 1 is 0.867 bits per heavy atom. The molecule has 0 aromatic heterocycles. The van der Waals surface area contributed by atoms with E-state index in [1.807, 2.05) is 0 Å². The number of carbonyl (C=O) groups is 2. The van der Waals surface area contributed by atoms with E-state index in [1.165, 1.54) is 30.3 Å². The highest BCUT2D eigenvalue weighted by molar-refractivity contribution is 7.92. The van der Waals surface area contributed by atoms with Gasteiger partial charge in [-0.25, -0.2) is 13.2 Å². The molecule has 0 aliphatic heterocycles. The molecule has 30 heavy (non-hydrogen) atoms. The third-order valence-electron chi connectivity index (χ3n) is 4.03. The second kappa shape index (κ2) is 8.66. The van der Waals surface area contributed by atoms with E-state index in [-0.39, 0.29) is 28.3 Å². The number of benzene rings is 3. The number of aliphatic carboxylic acids is 1. The highest BCUT2D eigenvalue weighted by Gasteiger charge is 2.19. The van der Waals surface area contributed by atoms with Gasteiger partial charge in [0.2, 0.25) is 0 Å². The lowest BCUT2D eigenvalue weighted by molar-refractivity contribution is -0.136. The molecule has 0 amide bonds. The average molecular weight is 427 g/mol. The molecule has 3 rings (SSSR count). The second-order valence-corrected chi connectivity index (χ2v) is 7.93. The zero-order valence-corrected chi connectivity index (χ0v) is 16.3. The topological polar surface area (TPSA) is 130 Å². The lowest BCUT2D eigenvalue weighted by Gasteiger charge is -2.13. The summed E-state index contributed by atoms with van der Waals surface area (Å²) < 4.78 is 33.1. The van der Waals surface area contributed by atoms with Crippen molar-refractivity contribution < 1.29 is 33.0 Å². The van der Waals surface area contributed by atoms with Crippen molar-refractivity contribution in [1.82, 2.24) is 0 Å². The first-order valence-corrected chi connectivity index (χ1v) is 10.2. The van der Waals surface area contributed by atoms with Crippen LogP contribution in [0.3, 0.4) is 0 Å². The molecule has 0 heterocycles. The SMILES string of the molecule is O=C(O)Cc1ccc(Oc2ccc(C(=O)O)c(NS(=O)(=O)c3ccccc3)c2)cc1.